The van der Waals surface area contributed by atoms with Crippen molar-refractivity contribution in [1.82, 2.24) is 0 Å². The number of anilines is 2. The number of benzene rings is 3. The summed E-state index contributed by atoms with van der Waals surface area (Å²) in [6, 6.07) is 24.1. The van der Waals surface area contributed by atoms with Gasteiger partial charge >= 0.3 is 5.63 Å². The second-order valence-electron chi connectivity index (χ2n) is 7.73. The number of para-hydroxylation sites is 3. The van der Waals surface area contributed by atoms with Crippen LogP contribution in [0.15, 0.2) is 88.1 Å². The first-order valence-corrected chi connectivity index (χ1v) is 10.5. The summed E-state index contributed by atoms with van der Waals surface area (Å²) in [5.41, 5.74) is 3.54. The zero-order valence-electron chi connectivity index (χ0n) is 17.0. The predicted octanol–water partition coefficient (Wildman–Crippen LogP) is 5.31. The molecule has 1 fully saturated rings. The minimum Gasteiger partial charge on any atom is -0.422 e. The van der Waals surface area contributed by atoms with E-state index in [-0.39, 0.29) is 5.91 Å². The lowest BCUT2D eigenvalue weighted by molar-refractivity contribution is 0.102. The summed E-state index contributed by atoms with van der Waals surface area (Å²) in [5, 5.41) is 3.88. The van der Waals surface area contributed by atoms with Crippen molar-refractivity contribution in [2.45, 2.75) is 12.8 Å². The van der Waals surface area contributed by atoms with Crippen molar-refractivity contribution in [2.24, 2.45) is 0 Å². The highest BCUT2D eigenvalue weighted by Gasteiger charge is 2.17. The van der Waals surface area contributed by atoms with Crippen LogP contribution in [0, 0.1) is 0 Å². The lowest BCUT2D eigenvalue weighted by atomic mass is 10.0. The third kappa shape index (κ3) is 3.82. The predicted molar refractivity (Wildman–Crippen MR) is 124 cm³/mol. The SMILES string of the molecule is O=C(Nc1ccccc1N1CCCC1)c1cccc(-c2cc3ccccc3oc2=O)c1. The van der Waals surface area contributed by atoms with Crippen LogP contribution < -0.4 is 15.8 Å². The molecule has 1 saturated heterocycles. The van der Waals surface area contributed by atoms with Gasteiger partial charge in [0.15, 0.2) is 0 Å². The zero-order valence-corrected chi connectivity index (χ0v) is 17.0. The molecule has 154 valence electrons. The summed E-state index contributed by atoms with van der Waals surface area (Å²) in [7, 11) is 0. The van der Waals surface area contributed by atoms with E-state index in [1.165, 1.54) is 12.8 Å². The number of nitrogens with zero attached hydrogens (tertiary/aromatic N) is 1. The molecule has 5 heteroatoms. The maximum absolute atomic E-state index is 13.0. The van der Waals surface area contributed by atoms with Gasteiger partial charge in [-0.3, -0.25) is 4.79 Å². The fraction of sp³-hybridized carbons (Fsp3) is 0.154. The highest BCUT2D eigenvalue weighted by molar-refractivity contribution is 6.06. The van der Waals surface area contributed by atoms with Gasteiger partial charge in [0.1, 0.15) is 5.58 Å². The van der Waals surface area contributed by atoms with E-state index in [0.29, 0.717) is 22.3 Å². The lowest BCUT2D eigenvalue weighted by Crippen LogP contribution is -2.21. The molecular formula is C26H22N2O3. The molecule has 0 bridgehead atoms. The normalized spacial score (nSPS) is 13.5. The lowest BCUT2D eigenvalue weighted by Gasteiger charge is -2.21. The third-order valence-corrected chi connectivity index (χ3v) is 5.68. The molecular weight excluding hydrogens is 388 g/mol. The minimum atomic E-state index is -0.421. The number of nitrogens with one attached hydrogen (secondary N) is 1. The van der Waals surface area contributed by atoms with Crippen LogP contribution in [0.3, 0.4) is 0 Å². The molecule has 5 nitrogen and oxygen atoms in total. The van der Waals surface area contributed by atoms with Crippen LogP contribution >= 0.6 is 0 Å². The highest BCUT2D eigenvalue weighted by atomic mass is 16.4. The smallest absolute Gasteiger partial charge is 0.344 e. The van der Waals surface area contributed by atoms with Crippen molar-refractivity contribution in [1.29, 1.82) is 0 Å². The molecule has 31 heavy (non-hydrogen) atoms. The molecule has 1 amide bonds. The van der Waals surface area contributed by atoms with E-state index in [4.69, 9.17) is 4.42 Å². The van der Waals surface area contributed by atoms with Crippen molar-refractivity contribution in [3.63, 3.8) is 0 Å². The topological polar surface area (TPSA) is 62.6 Å². The van der Waals surface area contributed by atoms with Crippen LogP contribution in [0.2, 0.25) is 0 Å². The summed E-state index contributed by atoms with van der Waals surface area (Å²) in [6.45, 7) is 2.00. The van der Waals surface area contributed by atoms with E-state index in [9.17, 15) is 9.59 Å². The first-order valence-electron chi connectivity index (χ1n) is 10.5. The van der Waals surface area contributed by atoms with Gasteiger partial charge in [-0.1, -0.05) is 42.5 Å². The second kappa shape index (κ2) is 8.11. The average molecular weight is 410 g/mol. The van der Waals surface area contributed by atoms with E-state index in [0.717, 1.165) is 29.9 Å². The molecule has 1 aromatic heterocycles. The van der Waals surface area contributed by atoms with Crippen LogP contribution in [0.4, 0.5) is 11.4 Å². The van der Waals surface area contributed by atoms with Gasteiger partial charge in [-0.2, -0.15) is 0 Å². The zero-order chi connectivity index (χ0) is 21.2. The second-order valence-corrected chi connectivity index (χ2v) is 7.73. The van der Waals surface area contributed by atoms with Crippen molar-refractivity contribution in [2.75, 3.05) is 23.3 Å². The van der Waals surface area contributed by atoms with Crippen LogP contribution in [0.5, 0.6) is 0 Å². The van der Waals surface area contributed by atoms with Crippen LogP contribution in [-0.2, 0) is 0 Å². The van der Waals surface area contributed by atoms with Gasteiger partial charge in [-0.25, -0.2) is 4.79 Å². The summed E-state index contributed by atoms with van der Waals surface area (Å²) < 4.78 is 5.45. The first-order chi connectivity index (χ1) is 15.2. The average Bonchev–Trinajstić information content (AvgIpc) is 3.34. The van der Waals surface area contributed by atoms with E-state index < -0.39 is 5.63 Å². The summed E-state index contributed by atoms with van der Waals surface area (Å²) in [5.74, 6) is -0.210. The number of carbonyl (C=O) groups is 1. The van der Waals surface area contributed by atoms with Gasteiger partial charge in [0.05, 0.1) is 16.9 Å². The van der Waals surface area contributed by atoms with Gasteiger partial charge in [0.2, 0.25) is 0 Å². The molecule has 0 aliphatic carbocycles. The Morgan fingerprint density at radius 1 is 0.871 bits per heavy atom. The molecule has 1 N–H and O–H groups in total. The standard InChI is InChI=1S/C26H22N2O3/c29-25(27-22-11-2-3-12-23(22)28-14-5-6-15-28)20-10-7-9-18(16-20)21-17-19-8-1-4-13-24(19)31-26(21)30/h1-4,7-13,16-17H,5-6,14-15H2,(H,27,29). The van der Waals surface area contributed by atoms with Gasteiger partial charge in [0.25, 0.3) is 5.91 Å². The van der Waals surface area contributed by atoms with Crippen LogP contribution in [0.25, 0.3) is 22.1 Å². The van der Waals surface area contributed by atoms with Gasteiger partial charge < -0.3 is 14.6 Å². The van der Waals surface area contributed by atoms with Gasteiger partial charge in [0, 0.05) is 24.0 Å². The molecule has 1 aliphatic heterocycles. The molecule has 5 rings (SSSR count). The number of carbonyl (C=O) groups excluding carboxylic acids is 1. The van der Waals surface area contributed by atoms with Crippen LogP contribution in [-0.4, -0.2) is 19.0 Å². The number of amides is 1. The molecule has 4 aromatic rings. The number of rotatable bonds is 4. The summed E-state index contributed by atoms with van der Waals surface area (Å²) in [4.78, 5) is 27.9. The van der Waals surface area contributed by atoms with Crippen molar-refractivity contribution < 1.29 is 9.21 Å². The molecule has 0 saturated carbocycles. The minimum absolute atomic E-state index is 0.210. The molecule has 1 aliphatic rings. The fourth-order valence-corrected chi connectivity index (χ4v) is 4.10. The Morgan fingerprint density at radius 3 is 2.52 bits per heavy atom. The van der Waals surface area contributed by atoms with Crippen molar-refractivity contribution in [3.05, 3.63) is 94.8 Å². The molecule has 2 heterocycles. The quantitative estimate of drug-likeness (QED) is 0.463. The summed E-state index contributed by atoms with van der Waals surface area (Å²) in [6.07, 6.45) is 2.33. The molecule has 0 spiro atoms. The Morgan fingerprint density at radius 2 is 1.65 bits per heavy atom. The number of hydrogen-bond donors (Lipinski definition) is 1. The Hall–Kier alpha value is -3.86. The fourth-order valence-electron chi connectivity index (χ4n) is 4.10. The Labute approximate surface area is 179 Å². The highest BCUT2D eigenvalue weighted by Crippen LogP contribution is 2.29. The van der Waals surface area contributed by atoms with Crippen molar-refractivity contribution >= 4 is 28.3 Å². The van der Waals surface area contributed by atoms with Crippen LogP contribution in [0.1, 0.15) is 23.2 Å². The number of hydrogen-bond acceptors (Lipinski definition) is 4. The largest absolute Gasteiger partial charge is 0.422 e. The van der Waals surface area contributed by atoms with E-state index in [1.807, 2.05) is 48.5 Å². The molecule has 3 aromatic carbocycles. The van der Waals surface area contributed by atoms with Gasteiger partial charge in [-0.05, 0) is 54.8 Å². The number of fused-ring (bicyclic) bond motifs is 1. The maximum atomic E-state index is 13.0. The Bertz CT molecular complexity index is 1320. The monoisotopic (exact) mass is 410 g/mol. The van der Waals surface area contributed by atoms with Crippen molar-refractivity contribution in [3.8, 4) is 11.1 Å². The molecule has 0 unspecified atom stereocenters. The van der Waals surface area contributed by atoms with E-state index in [2.05, 4.69) is 10.2 Å². The molecule has 0 radical (unpaired) electrons. The van der Waals surface area contributed by atoms with Gasteiger partial charge in [-0.15, -0.1) is 0 Å². The van der Waals surface area contributed by atoms with E-state index >= 15 is 0 Å². The Kier molecular flexibility index (Phi) is 5.00. The maximum Gasteiger partial charge on any atom is 0.344 e. The first kappa shape index (κ1) is 19.1. The Balaban J connectivity index is 1.46. The van der Waals surface area contributed by atoms with E-state index in [1.54, 1.807) is 30.3 Å². The third-order valence-electron chi connectivity index (χ3n) is 5.68. The molecule has 0 atom stereocenters. The summed E-state index contributed by atoms with van der Waals surface area (Å²) >= 11 is 0.